The molecule has 0 N–H and O–H groups in total. The Bertz CT molecular complexity index is 1640. The summed E-state index contributed by atoms with van der Waals surface area (Å²) in [4.78, 5) is 2.36. The summed E-state index contributed by atoms with van der Waals surface area (Å²) in [5.74, 6) is 0. The van der Waals surface area contributed by atoms with Crippen LogP contribution in [0.15, 0.2) is 112 Å². The van der Waals surface area contributed by atoms with Gasteiger partial charge in [-0.2, -0.15) is 0 Å². The molecule has 2 bridgehead atoms. The van der Waals surface area contributed by atoms with Crippen LogP contribution in [0.3, 0.4) is 0 Å². The fourth-order valence-electron chi connectivity index (χ4n) is 7.12. The van der Waals surface area contributed by atoms with Crippen LogP contribution in [0.4, 0.5) is 17.1 Å². The van der Waals surface area contributed by atoms with Gasteiger partial charge in [-0.3, -0.25) is 0 Å². The van der Waals surface area contributed by atoms with Crippen molar-refractivity contribution >= 4 is 59.7 Å². The van der Waals surface area contributed by atoms with Crippen LogP contribution in [0.25, 0.3) is 21.9 Å². The first-order chi connectivity index (χ1) is 18.3. The Hall–Kier alpha value is -2.88. The molecule has 5 aromatic rings. The van der Waals surface area contributed by atoms with E-state index in [0.717, 1.165) is 20.3 Å². The molecular formula is C35H29Br2N. The van der Waals surface area contributed by atoms with Crippen LogP contribution < -0.4 is 4.90 Å². The van der Waals surface area contributed by atoms with Crippen molar-refractivity contribution in [3.63, 3.8) is 0 Å². The molecule has 2 aliphatic carbocycles. The summed E-state index contributed by atoms with van der Waals surface area (Å²) in [5, 5.41) is 2.53. The van der Waals surface area contributed by atoms with Crippen molar-refractivity contribution in [2.24, 2.45) is 0 Å². The van der Waals surface area contributed by atoms with Crippen molar-refractivity contribution in [1.82, 2.24) is 0 Å². The predicted octanol–water partition coefficient (Wildman–Crippen LogP) is 11.2. The van der Waals surface area contributed by atoms with Crippen molar-refractivity contribution in [3.8, 4) is 11.1 Å². The van der Waals surface area contributed by atoms with Gasteiger partial charge >= 0.3 is 0 Å². The number of anilines is 3. The Morgan fingerprint density at radius 2 is 1.18 bits per heavy atom. The number of hydrogen-bond acceptors (Lipinski definition) is 1. The van der Waals surface area contributed by atoms with Crippen LogP contribution in [0, 0.1) is 0 Å². The van der Waals surface area contributed by atoms with E-state index in [-0.39, 0.29) is 0 Å². The molecule has 1 nitrogen and oxygen atoms in total. The third-order valence-electron chi connectivity index (χ3n) is 8.95. The van der Waals surface area contributed by atoms with Gasteiger partial charge in [0, 0.05) is 25.7 Å². The largest absolute Gasteiger partial charge is 0.310 e. The molecule has 2 unspecified atom stereocenters. The average molecular weight is 623 g/mol. The highest BCUT2D eigenvalue weighted by molar-refractivity contribution is 9.10. The van der Waals surface area contributed by atoms with Gasteiger partial charge in [-0.25, -0.2) is 0 Å². The molecule has 1 fully saturated rings. The van der Waals surface area contributed by atoms with E-state index in [0.29, 0.717) is 10.8 Å². The molecule has 3 heteroatoms. The van der Waals surface area contributed by atoms with E-state index in [1.165, 1.54) is 46.8 Å². The summed E-state index contributed by atoms with van der Waals surface area (Å²) < 4.78 is 2.15. The number of rotatable bonds is 4. The monoisotopic (exact) mass is 621 g/mol. The number of benzene rings is 5. The van der Waals surface area contributed by atoms with Crippen molar-refractivity contribution in [3.05, 3.63) is 123 Å². The van der Waals surface area contributed by atoms with Crippen LogP contribution in [0.1, 0.15) is 44.2 Å². The van der Waals surface area contributed by atoms with Crippen LogP contribution >= 0.6 is 31.9 Å². The number of nitrogens with zero attached hydrogens (tertiary/aromatic N) is 1. The second-order valence-corrected chi connectivity index (χ2v) is 13.4. The van der Waals surface area contributed by atoms with E-state index in [2.05, 4.69) is 154 Å². The average Bonchev–Trinajstić information content (AvgIpc) is 3.38. The second-order valence-electron chi connectivity index (χ2n) is 11.5. The number of halogens is 2. The fourth-order valence-corrected chi connectivity index (χ4v) is 7.65. The first kappa shape index (κ1) is 24.2. The van der Waals surface area contributed by atoms with E-state index in [9.17, 15) is 0 Å². The maximum absolute atomic E-state index is 3.61. The van der Waals surface area contributed by atoms with Crippen LogP contribution in [-0.2, 0) is 10.8 Å². The number of hydrogen-bond donors (Lipinski definition) is 0. The minimum Gasteiger partial charge on any atom is -0.310 e. The van der Waals surface area contributed by atoms with E-state index < -0.39 is 0 Å². The lowest BCUT2D eigenvalue weighted by Crippen LogP contribution is -2.17. The molecule has 0 aromatic heterocycles. The highest BCUT2D eigenvalue weighted by atomic mass is 79.9. The Morgan fingerprint density at radius 1 is 0.605 bits per heavy atom. The lowest BCUT2D eigenvalue weighted by Gasteiger charge is -2.29. The lowest BCUT2D eigenvalue weighted by molar-refractivity contribution is 0.484. The zero-order valence-corrected chi connectivity index (χ0v) is 24.8. The fraction of sp³-hybridized carbons (Fsp3) is 0.200. The van der Waals surface area contributed by atoms with Crippen molar-refractivity contribution in [1.29, 1.82) is 0 Å². The molecule has 2 atom stereocenters. The smallest absolute Gasteiger partial charge is 0.0540 e. The molecule has 0 saturated heterocycles. The minimum absolute atomic E-state index is 0.315. The molecule has 0 radical (unpaired) electrons. The Kier molecular flexibility index (Phi) is 5.62. The normalized spacial score (nSPS) is 21.6. The van der Waals surface area contributed by atoms with E-state index >= 15 is 0 Å². The van der Waals surface area contributed by atoms with E-state index in [1.54, 1.807) is 11.1 Å². The summed E-state index contributed by atoms with van der Waals surface area (Å²) in [6.07, 6.45) is 3.90. The molecule has 1 saturated carbocycles. The molecule has 188 valence electrons. The quantitative estimate of drug-likeness (QED) is 0.193. The molecule has 0 spiro atoms. The Labute approximate surface area is 241 Å². The summed E-state index contributed by atoms with van der Waals surface area (Å²) >= 11 is 7.21. The van der Waals surface area contributed by atoms with Gasteiger partial charge in [-0.1, -0.05) is 94.2 Å². The third kappa shape index (κ3) is 3.78. The van der Waals surface area contributed by atoms with Crippen LogP contribution in [0.5, 0.6) is 0 Å². The third-order valence-corrected chi connectivity index (χ3v) is 10.0. The number of fused-ring (bicyclic) bond motifs is 6. The van der Waals surface area contributed by atoms with E-state index in [4.69, 9.17) is 0 Å². The maximum Gasteiger partial charge on any atom is 0.0540 e. The van der Waals surface area contributed by atoms with Gasteiger partial charge in [0.1, 0.15) is 0 Å². The van der Waals surface area contributed by atoms with Gasteiger partial charge in [0.15, 0.2) is 0 Å². The van der Waals surface area contributed by atoms with Gasteiger partial charge in [0.05, 0.1) is 5.69 Å². The molecule has 0 heterocycles. The predicted molar refractivity (Wildman–Crippen MR) is 168 cm³/mol. The SMILES string of the molecule is CC12CCC(C)(C1)c1cc(-c3ccc(N(c4ccc(Br)cc4)c4ccc(Br)cc4)c4ccccc34)ccc12. The lowest BCUT2D eigenvalue weighted by atomic mass is 9.77. The first-order valence-electron chi connectivity index (χ1n) is 13.3. The molecule has 5 aromatic carbocycles. The molecule has 0 aliphatic heterocycles. The summed E-state index contributed by atoms with van der Waals surface area (Å²) in [5.41, 5.74) is 9.87. The molecule has 2 aliphatic rings. The van der Waals surface area contributed by atoms with Crippen LogP contribution in [0.2, 0.25) is 0 Å². The summed E-state index contributed by atoms with van der Waals surface area (Å²) in [6, 6.07) is 37.9. The van der Waals surface area contributed by atoms with Crippen LogP contribution in [-0.4, -0.2) is 0 Å². The summed E-state index contributed by atoms with van der Waals surface area (Å²) in [6.45, 7) is 4.94. The Morgan fingerprint density at radius 3 is 1.82 bits per heavy atom. The molecular weight excluding hydrogens is 594 g/mol. The standard InChI is InChI=1S/C35H29Br2N/c1-34-19-20-35(2,22-34)32-21-23(7-17-31(32)34)28-16-18-33(30-6-4-3-5-29(28)30)38(26-12-8-24(36)9-13-26)27-14-10-25(37)11-15-27/h3-18,21H,19-20,22H2,1-2H3. The highest BCUT2D eigenvalue weighted by Gasteiger charge is 2.52. The maximum atomic E-state index is 3.61. The topological polar surface area (TPSA) is 3.24 Å². The molecule has 7 rings (SSSR count). The van der Waals surface area contributed by atoms with Crippen molar-refractivity contribution < 1.29 is 0 Å². The van der Waals surface area contributed by atoms with Gasteiger partial charge in [0.2, 0.25) is 0 Å². The van der Waals surface area contributed by atoms with E-state index in [1.807, 2.05) is 0 Å². The molecule has 38 heavy (non-hydrogen) atoms. The van der Waals surface area contributed by atoms with Crippen molar-refractivity contribution in [2.45, 2.75) is 43.9 Å². The zero-order valence-electron chi connectivity index (χ0n) is 21.6. The summed E-state index contributed by atoms with van der Waals surface area (Å²) in [7, 11) is 0. The second kappa shape index (κ2) is 8.83. The van der Waals surface area contributed by atoms with Gasteiger partial charge in [-0.05, 0) is 112 Å². The first-order valence-corrected chi connectivity index (χ1v) is 14.9. The highest BCUT2D eigenvalue weighted by Crippen LogP contribution is 2.61. The van der Waals surface area contributed by atoms with Gasteiger partial charge < -0.3 is 4.90 Å². The Balaban J connectivity index is 1.41. The van der Waals surface area contributed by atoms with Crippen molar-refractivity contribution in [2.75, 3.05) is 4.90 Å². The minimum atomic E-state index is 0.315. The zero-order chi connectivity index (χ0) is 26.1. The van der Waals surface area contributed by atoms with Gasteiger partial charge in [-0.15, -0.1) is 0 Å². The van der Waals surface area contributed by atoms with Gasteiger partial charge in [0.25, 0.3) is 0 Å². The molecule has 0 amide bonds.